The predicted molar refractivity (Wildman–Crippen MR) is 131 cm³/mol. The van der Waals surface area contributed by atoms with Crippen LogP contribution >= 0.6 is 24.0 Å². The number of ether oxygens (including phenoxy) is 1. The minimum atomic E-state index is 0. The molecule has 1 aromatic carbocycles. The van der Waals surface area contributed by atoms with Gasteiger partial charge >= 0.3 is 0 Å². The zero-order valence-corrected chi connectivity index (χ0v) is 20.7. The summed E-state index contributed by atoms with van der Waals surface area (Å²) in [5, 5.41) is 11.2. The zero-order chi connectivity index (χ0) is 20.4. The van der Waals surface area contributed by atoms with E-state index >= 15 is 0 Å². The fourth-order valence-electron chi connectivity index (χ4n) is 2.85. The van der Waals surface area contributed by atoms with Gasteiger partial charge in [0.05, 0.1) is 24.9 Å². The van der Waals surface area contributed by atoms with Crippen molar-refractivity contribution in [1.29, 1.82) is 0 Å². The normalized spacial score (nSPS) is 11.4. The minimum absolute atomic E-state index is 0. The van der Waals surface area contributed by atoms with E-state index in [2.05, 4.69) is 78.4 Å². The average Bonchev–Trinajstić information content (AvgIpc) is 2.99. The van der Waals surface area contributed by atoms with Gasteiger partial charge in [0.15, 0.2) is 5.96 Å². The van der Waals surface area contributed by atoms with Crippen LogP contribution < -0.4 is 10.6 Å². The Morgan fingerprint density at radius 1 is 1.14 bits per heavy atom. The highest BCUT2D eigenvalue weighted by Gasteiger charge is 2.02. The summed E-state index contributed by atoms with van der Waals surface area (Å²) in [6.45, 7) is 14.2. The van der Waals surface area contributed by atoms with E-state index in [1.54, 1.807) is 0 Å². The van der Waals surface area contributed by atoms with Crippen molar-refractivity contribution >= 4 is 29.9 Å². The molecule has 0 aliphatic rings. The molecule has 2 rings (SSSR count). The second kappa shape index (κ2) is 13.6. The number of benzene rings is 1. The number of hydrogen-bond acceptors (Lipinski definition) is 3. The Bertz CT molecular complexity index is 740. The Hall–Kier alpha value is -1.61. The van der Waals surface area contributed by atoms with E-state index in [9.17, 15) is 0 Å². The molecule has 0 unspecified atom stereocenters. The molecule has 0 fully saturated rings. The third kappa shape index (κ3) is 9.62. The van der Waals surface area contributed by atoms with E-state index in [1.165, 1.54) is 16.8 Å². The van der Waals surface area contributed by atoms with E-state index in [-0.39, 0.29) is 30.1 Å². The average molecular weight is 513 g/mol. The maximum Gasteiger partial charge on any atom is 0.191 e. The van der Waals surface area contributed by atoms with Crippen LogP contribution in [0.3, 0.4) is 0 Å². The van der Waals surface area contributed by atoms with Crippen molar-refractivity contribution < 1.29 is 4.74 Å². The first-order valence-electron chi connectivity index (χ1n) is 10.2. The number of aliphatic imine (C=N–C) groups is 1. The molecular weight excluding hydrogens is 477 g/mol. The van der Waals surface area contributed by atoms with E-state index < -0.39 is 0 Å². The van der Waals surface area contributed by atoms with Gasteiger partial charge < -0.3 is 15.4 Å². The summed E-state index contributed by atoms with van der Waals surface area (Å²) in [4.78, 5) is 4.69. The summed E-state index contributed by atoms with van der Waals surface area (Å²) in [6, 6.07) is 10.6. The highest BCUT2D eigenvalue weighted by Crippen LogP contribution is 2.08. The maximum absolute atomic E-state index is 5.64. The minimum Gasteiger partial charge on any atom is -0.374 e. The summed E-state index contributed by atoms with van der Waals surface area (Å²) >= 11 is 0. The molecule has 2 N–H and O–H groups in total. The monoisotopic (exact) mass is 513 g/mol. The Morgan fingerprint density at radius 3 is 2.41 bits per heavy atom. The highest BCUT2D eigenvalue weighted by molar-refractivity contribution is 14.0. The standard InChI is InChI=1S/C22H35N5O.HI/c1-6-23-22(24-12-7-13-27-19(5)14-18(4)26-27)25-15-20-8-10-21(11-9-20)16-28-17(2)3;/h8-11,14,17H,6-7,12-13,15-16H2,1-5H3,(H2,23,24,25);1H. The van der Waals surface area contributed by atoms with Crippen LogP contribution in [-0.4, -0.2) is 34.9 Å². The molecule has 0 amide bonds. The molecule has 29 heavy (non-hydrogen) atoms. The molecule has 0 saturated heterocycles. The molecule has 0 saturated carbocycles. The van der Waals surface area contributed by atoms with Crippen LogP contribution in [0.15, 0.2) is 35.3 Å². The SMILES string of the molecule is CCNC(=NCc1ccc(COC(C)C)cc1)NCCCn1nc(C)cc1C.I. The van der Waals surface area contributed by atoms with Crippen molar-refractivity contribution in [3.05, 3.63) is 52.8 Å². The lowest BCUT2D eigenvalue weighted by Gasteiger charge is -2.12. The Labute approximate surface area is 192 Å². The van der Waals surface area contributed by atoms with E-state index in [0.29, 0.717) is 13.2 Å². The van der Waals surface area contributed by atoms with Crippen LogP contribution in [0.5, 0.6) is 0 Å². The molecule has 162 valence electrons. The summed E-state index contributed by atoms with van der Waals surface area (Å²) in [5.74, 6) is 0.850. The van der Waals surface area contributed by atoms with Gasteiger partial charge in [-0.3, -0.25) is 4.68 Å². The van der Waals surface area contributed by atoms with Crippen molar-refractivity contribution in [2.24, 2.45) is 4.99 Å². The van der Waals surface area contributed by atoms with Gasteiger partial charge in [0.2, 0.25) is 0 Å². The Morgan fingerprint density at radius 2 is 1.83 bits per heavy atom. The number of nitrogens with zero attached hydrogens (tertiary/aromatic N) is 3. The van der Waals surface area contributed by atoms with Crippen molar-refractivity contribution in [1.82, 2.24) is 20.4 Å². The fourth-order valence-corrected chi connectivity index (χ4v) is 2.85. The van der Waals surface area contributed by atoms with E-state index in [1.807, 2.05) is 6.92 Å². The Kier molecular flexibility index (Phi) is 11.9. The predicted octanol–water partition coefficient (Wildman–Crippen LogP) is 4.19. The second-order valence-corrected chi connectivity index (χ2v) is 7.30. The molecular formula is C22H36IN5O. The van der Waals surface area contributed by atoms with Crippen LogP contribution in [0.2, 0.25) is 0 Å². The van der Waals surface area contributed by atoms with Crippen LogP contribution in [0, 0.1) is 13.8 Å². The molecule has 7 heteroatoms. The van der Waals surface area contributed by atoms with Gasteiger partial charge in [-0.25, -0.2) is 4.99 Å². The molecule has 0 spiro atoms. The smallest absolute Gasteiger partial charge is 0.191 e. The fraction of sp³-hybridized carbons (Fsp3) is 0.545. The summed E-state index contributed by atoms with van der Waals surface area (Å²) in [5.41, 5.74) is 4.66. The largest absolute Gasteiger partial charge is 0.374 e. The highest BCUT2D eigenvalue weighted by atomic mass is 127. The van der Waals surface area contributed by atoms with E-state index in [4.69, 9.17) is 9.73 Å². The maximum atomic E-state index is 5.64. The number of aromatic nitrogens is 2. The van der Waals surface area contributed by atoms with Gasteiger partial charge in [-0.1, -0.05) is 24.3 Å². The third-order valence-corrected chi connectivity index (χ3v) is 4.31. The number of nitrogens with one attached hydrogen (secondary N) is 2. The third-order valence-electron chi connectivity index (χ3n) is 4.31. The molecule has 2 aromatic rings. The van der Waals surface area contributed by atoms with Crippen molar-refractivity contribution in [2.75, 3.05) is 13.1 Å². The quantitative estimate of drug-likeness (QED) is 0.217. The first-order chi connectivity index (χ1) is 13.5. The van der Waals surface area contributed by atoms with Crippen LogP contribution in [0.25, 0.3) is 0 Å². The van der Waals surface area contributed by atoms with Gasteiger partial charge in [0, 0.05) is 25.3 Å². The zero-order valence-electron chi connectivity index (χ0n) is 18.4. The summed E-state index contributed by atoms with van der Waals surface area (Å²) in [7, 11) is 0. The molecule has 6 nitrogen and oxygen atoms in total. The summed E-state index contributed by atoms with van der Waals surface area (Å²) in [6.07, 6.45) is 1.25. The number of guanidine groups is 1. The van der Waals surface area contributed by atoms with Crippen LogP contribution in [0.1, 0.15) is 49.7 Å². The molecule has 1 heterocycles. The number of aryl methyl sites for hydroxylation is 3. The van der Waals surface area contributed by atoms with Gasteiger partial charge in [-0.15, -0.1) is 24.0 Å². The molecule has 0 radical (unpaired) electrons. The first kappa shape index (κ1) is 25.4. The van der Waals surface area contributed by atoms with Gasteiger partial charge in [0.25, 0.3) is 0 Å². The van der Waals surface area contributed by atoms with Crippen molar-refractivity contribution in [3.63, 3.8) is 0 Å². The van der Waals surface area contributed by atoms with Gasteiger partial charge in [0.1, 0.15) is 0 Å². The lowest BCUT2D eigenvalue weighted by molar-refractivity contribution is 0.0657. The molecule has 0 atom stereocenters. The molecule has 0 aliphatic heterocycles. The molecule has 0 aliphatic carbocycles. The van der Waals surface area contributed by atoms with Crippen LogP contribution in [-0.2, 0) is 24.4 Å². The van der Waals surface area contributed by atoms with Crippen LogP contribution in [0.4, 0.5) is 0 Å². The second-order valence-electron chi connectivity index (χ2n) is 7.30. The molecule has 1 aromatic heterocycles. The first-order valence-corrected chi connectivity index (χ1v) is 10.2. The Balaban J connectivity index is 0.00000420. The van der Waals surface area contributed by atoms with Crippen molar-refractivity contribution in [3.8, 4) is 0 Å². The number of rotatable bonds is 10. The van der Waals surface area contributed by atoms with Gasteiger partial charge in [-0.2, -0.15) is 5.10 Å². The lowest BCUT2D eigenvalue weighted by atomic mass is 10.1. The van der Waals surface area contributed by atoms with E-state index in [0.717, 1.165) is 37.7 Å². The topological polar surface area (TPSA) is 63.5 Å². The number of halogens is 1. The molecule has 0 bridgehead atoms. The number of hydrogen-bond donors (Lipinski definition) is 2. The van der Waals surface area contributed by atoms with Crippen molar-refractivity contribution in [2.45, 2.75) is 66.8 Å². The lowest BCUT2D eigenvalue weighted by Crippen LogP contribution is -2.38. The van der Waals surface area contributed by atoms with Gasteiger partial charge in [-0.05, 0) is 58.2 Å². The summed E-state index contributed by atoms with van der Waals surface area (Å²) < 4.78 is 7.70.